The minimum Gasteiger partial charge on any atom is -0.303 e. The fourth-order valence-corrected chi connectivity index (χ4v) is 1.72. The van der Waals surface area contributed by atoms with Gasteiger partial charge in [-0.25, -0.2) is 26.7 Å². The Morgan fingerprint density at radius 3 is 1.14 bits per heavy atom. The van der Waals surface area contributed by atoms with Crippen molar-refractivity contribution in [1.29, 1.82) is 0 Å². The molecule has 21 heteroatoms. The van der Waals surface area contributed by atoms with E-state index in [4.69, 9.17) is 14.7 Å². The quantitative estimate of drug-likeness (QED) is 0.304. The molecule has 29 heavy (non-hydrogen) atoms. The number of phosphoric acid groups is 2. The maximum Gasteiger partial charge on any atom is 0.472 e. The van der Waals surface area contributed by atoms with Crippen LogP contribution in [0, 0.1) is 0 Å². The SMILES string of the molecule is O=P(O)(O)OCC(F)(F)F.O=P(O)(OCC(F)(F)C(F)F)OCC(F)(F)C(F)F. The number of rotatable bonds is 10. The molecular formula is C8H11F11O8P2. The molecule has 8 nitrogen and oxygen atoms in total. The third-order valence-corrected chi connectivity index (χ3v) is 3.25. The molecule has 0 aliphatic rings. The van der Waals surface area contributed by atoms with Gasteiger partial charge in [-0.1, -0.05) is 0 Å². The summed E-state index contributed by atoms with van der Waals surface area (Å²) in [5.74, 6) is -9.65. The van der Waals surface area contributed by atoms with Crippen LogP contribution in [0.3, 0.4) is 0 Å². The van der Waals surface area contributed by atoms with E-state index in [0.29, 0.717) is 0 Å². The first-order valence-electron chi connectivity index (χ1n) is 6.21. The number of hydrogen-bond donors (Lipinski definition) is 3. The molecule has 0 aromatic heterocycles. The minimum atomic E-state index is -5.59. The van der Waals surface area contributed by atoms with Crippen molar-refractivity contribution in [2.75, 3.05) is 19.8 Å². The molecule has 0 heterocycles. The second-order valence-electron chi connectivity index (χ2n) is 4.52. The predicted molar refractivity (Wildman–Crippen MR) is 67.7 cm³/mol. The van der Waals surface area contributed by atoms with E-state index in [1.54, 1.807) is 0 Å². The Bertz CT molecular complexity index is 550. The van der Waals surface area contributed by atoms with Crippen molar-refractivity contribution in [3.8, 4) is 0 Å². The van der Waals surface area contributed by atoms with Crippen molar-refractivity contribution in [3.05, 3.63) is 0 Å². The van der Waals surface area contributed by atoms with Crippen LogP contribution in [0.25, 0.3) is 0 Å². The molecule has 0 radical (unpaired) electrons. The first-order valence-corrected chi connectivity index (χ1v) is 9.24. The molecule has 0 fully saturated rings. The smallest absolute Gasteiger partial charge is 0.303 e. The largest absolute Gasteiger partial charge is 0.472 e. The summed E-state index contributed by atoms with van der Waals surface area (Å²) in [6, 6.07) is 0. The molecule has 178 valence electrons. The van der Waals surface area contributed by atoms with E-state index >= 15 is 0 Å². The van der Waals surface area contributed by atoms with E-state index in [0.717, 1.165) is 0 Å². The lowest BCUT2D eigenvalue weighted by Crippen LogP contribution is -2.33. The van der Waals surface area contributed by atoms with Crippen LogP contribution in [0.4, 0.5) is 48.3 Å². The van der Waals surface area contributed by atoms with Gasteiger partial charge in [-0.15, -0.1) is 0 Å². The molecule has 0 saturated carbocycles. The Balaban J connectivity index is 0. The highest BCUT2D eigenvalue weighted by Gasteiger charge is 2.46. The lowest BCUT2D eigenvalue weighted by Gasteiger charge is -2.20. The maximum atomic E-state index is 12.2. The van der Waals surface area contributed by atoms with Gasteiger partial charge in [0.2, 0.25) is 0 Å². The van der Waals surface area contributed by atoms with Crippen molar-refractivity contribution < 1.29 is 85.7 Å². The van der Waals surface area contributed by atoms with Crippen LogP contribution >= 0.6 is 15.6 Å². The van der Waals surface area contributed by atoms with Gasteiger partial charge in [0, 0.05) is 0 Å². The summed E-state index contributed by atoms with van der Waals surface area (Å²) >= 11 is 0. The average Bonchev–Trinajstić information content (AvgIpc) is 2.49. The van der Waals surface area contributed by atoms with Crippen LogP contribution in [-0.2, 0) is 22.7 Å². The zero-order chi connectivity index (χ0) is 23.9. The average molecular weight is 506 g/mol. The van der Waals surface area contributed by atoms with Crippen LogP contribution < -0.4 is 0 Å². The van der Waals surface area contributed by atoms with Crippen LogP contribution in [-0.4, -0.2) is 65.4 Å². The highest BCUT2D eigenvalue weighted by atomic mass is 31.2. The molecule has 0 unspecified atom stereocenters. The van der Waals surface area contributed by atoms with Gasteiger partial charge in [-0.05, 0) is 0 Å². The monoisotopic (exact) mass is 506 g/mol. The van der Waals surface area contributed by atoms with Gasteiger partial charge in [-0.2, -0.15) is 30.7 Å². The molecule has 0 atom stereocenters. The van der Waals surface area contributed by atoms with Crippen molar-refractivity contribution in [1.82, 2.24) is 0 Å². The highest BCUT2D eigenvalue weighted by Crippen LogP contribution is 2.46. The fraction of sp³-hybridized carbons (Fsp3) is 1.00. The van der Waals surface area contributed by atoms with E-state index in [9.17, 15) is 57.4 Å². The summed E-state index contributed by atoms with van der Waals surface area (Å²) in [4.78, 5) is 24.1. The van der Waals surface area contributed by atoms with Crippen molar-refractivity contribution in [3.63, 3.8) is 0 Å². The van der Waals surface area contributed by atoms with E-state index < -0.39 is 66.3 Å². The van der Waals surface area contributed by atoms with Gasteiger partial charge in [0.1, 0.15) is 13.2 Å². The minimum absolute atomic E-state index is 1.93. The topological polar surface area (TPSA) is 123 Å². The number of alkyl halides is 11. The van der Waals surface area contributed by atoms with Crippen molar-refractivity contribution in [2.24, 2.45) is 0 Å². The summed E-state index contributed by atoms with van der Waals surface area (Å²) < 4.78 is 159. The van der Waals surface area contributed by atoms with Gasteiger partial charge in [0.15, 0.2) is 6.61 Å². The number of phosphoric ester groups is 2. The highest BCUT2D eigenvalue weighted by molar-refractivity contribution is 7.47. The van der Waals surface area contributed by atoms with Crippen LogP contribution in [0.5, 0.6) is 0 Å². The zero-order valence-electron chi connectivity index (χ0n) is 13.2. The molecule has 0 aromatic rings. The van der Waals surface area contributed by atoms with Gasteiger partial charge in [0.25, 0.3) is 0 Å². The van der Waals surface area contributed by atoms with Gasteiger partial charge in [-0.3, -0.25) is 13.6 Å². The molecule has 0 rings (SSSR count). The lowest BCUT2D eigenvalue weighted by molar-refractivity contribution is -0.161. The molecule has 0 amide bonds. The van der Waals surface area contributed by atoms with Crippen LogP contribution in [0.2, 0.25) is 0 Å². The van der Waals surface area contributed by atoms with Crippen LogP contribution in [0.15, 0.2) is 0 Å². The van der Waals surface area contributed by atoms with Gasteiger partial charge in [0.05, 0.1) is 0 Å². The Morgan fingerprint density at radius 1 is 0.655 bits per heavy atom. The van der Waals surface area contributed by atoms with Crippen molar-refractivity contribution in [2.45, 2.75) is 30.9 Å². The Kier molecular flexibility index (Phi) is 11.8. The maximum absolute atomic E-state index is 12.2. The molecule has 0 aliphatic carbocycles. The Labute approximate surface area is 153 Å². The van der Waals surface area contributed by atoms with Crippen LogP contribution in [0.1, 0.15) is 0 Å². The summed E-state index contributed by atoms with van der Waals surface area (Å²) in [6.07, 6.45) is -13.2. The van der Waals surface area contributed by atoms with E-state index in [-0.39, 0.29) is 0 Å². The second-order valence-corrected chi connectivity index (χ2v) is 7.21. The molecular weight excluding hydrogens is 495 g/mol. The number of halogens is 11. The Hall–Kier alpha value is -0.550. The van der Waals surface area contributed by atoms with E-state index in [2.05, 4.69) is 13.6 Å². The molecule has 3 N–H and O–H groups in total. The standard InChI is InChI=1S/C6H7F8O4P.C2H4F3O4P/c7-3(8)5(11,12)1-17-19(15,16)18-2-6(13,14)4(9)10;3-2(4,5)1-9-10(6,7)8/h3-4H,1-2H2,(H,15,16);1H2,(H2,6,7,8). The van der Waals surface area contributed by atoms with E-state index in [1.807, 2.05) is 0 Å². The first kappa shape index (κ1) is 30.6. The molecule has 0 bridgehead atoms. The summed E-state index contributed by atoms with van der Waals surface area (Å²) in [5.41, 5.74) is 0. The summed E-state index contributed by atoms with van der Waals surface area (Å²) in [7, 11) is -10.6. The van der Waals surface area contributed by atoms with E-state index in [1.165, 1.54) is 0 Å². The van der Waals surface area contributed by atoms with Gasteiger partial charge >= 0.3 is 46.5 Å². The molecule has 0 aliphatic heterocycles. The normalized spacial score (nSPS) is 14.2. The van der Waals surface area contributed by atoms with Gasteiger partial charge < -0.3 is 14.7 Å². The predicted octanol–water partition coefficient (Wildman–Crippen LogP) is 3.58. The zero-order valence-corrected chi connectivity index (χ0v) is 15.0. The molecule has 0 saturated heterocycles. The second kappa shape index (κ2) is 11.2. The first-order chi connectivity index (χ1) is 12.5. The fourth-order valence-electron chi connectivity index (χ4n) is 0.656. The lowest BCUT2D eigenvalue weighted by atomic mass is 10.4. The number of hydrogen-bond acceptors (Lipinski definition) is 5. The third kappa shape index (κ3) is 16.9. The summed E-state index contributed by atoms with van der Waals surface area (Å²) in [5, 5.41) is 0. The third-order valence-electron chi connectivity index (χ3n) is 1.88. The summed E-state index contributed by atoms with van der Waals surface area (Å²) in [6.45, 7) is -6.55. The molecule has 0 aromatic carbocycles. The Morgan fingerprint density at radius 2 is 0.966 bits per heavy atom. The molecule has 0 spiro atoms. The van der Waals surface area contributed by atoms with Crippen molar-refractivity contribution >= 4 is 15.6 Å².